The maximum atomic E-state index is 12.6. The lowest BCUT2D eigenvalue weighted by Crippen LogP contribution is -2.39. The molecule has 10 heteroatoms. The Balaban J connectivity index is 1.32. The first kappa shape index (κ1) is 28.0. The van der Waals surface area contributed by atoms with Crippen LogP contribution in [0.1, 0.15) is 44.9 Å². The number of benzene rings is 2. The Hall–Kier alpha value is -4.55. The molecule has 3 heterocycles. The van der Waals surface area contributed by atoms with Crippen LogP contribution in [0.4, 0.5) is 22.0 Å². The van der Waals surface area contributed by atoms with Crippen LogP contribution in [-0.2, 0) is 11.3 Å². The summed E-state index contributed by atoms with van der Waals surface area (Å²) >= 11 is 6.49. The number of nitrogens with one attached hydrogen (secondary N) is 1. The van der Waals surface area contributed by atoms with Crippen LogP contribution in [0.2, 0.25) is 5.02 Å². The van der Waals surface area contributed by atoms with Crippen molar-refractivity contribution in [2.45, 2.75) is 51.9 Å². The lowest BCUT2D eigenvalue weighted by molar-refractivity contribution is 0.0261. The third kappa shape index (κ3) is 6.97. The highest BCUT2D eigenvalue weighted by Gasteiger charge is 2.31. The van der Waals surface area contributed by atoms with Gasteiger partial charge in [0.25, 0.3) is 0 Å². The second-order valence-corrected chi connectivity index (χ2v) is 11.1. The molecule has 1 aliphatic rings. The van der Waals surface area contributed by atoms with E-state index in [4.69, 9.17) is 26.8 Å². The number of fused-ring (bicyclic) bond motifs is 1. The van der Waals surface area contributed by atoms with E-state index < -0.39 is 5.60 Å². The molecule has 0 spiro atoms. The number of hydrogen-bond donors (Lipinski definition) is 2. The lowest BCUT2D eigenvalue weighted by Gasteiger charge is -2.26. The van der Waals surface area contributed by atoms with E-state index in [-0.39, 0.29) is 12.1 Å². The number of carbonyl (C=O) groups excluding carboxylic acids is 1. The van der Waals surface area contributed by atoms with Crippen LogP contribution in [0.15, 0.2) is 61.1 Å². The Morgan fingerprint density at radius 2 is 2.02 bits per heavy atom. The van der Waals surface area contributed by atoms with Crippen LogP contribution >= 0.6 is 11.6 Å². The quantitative estimate of drug-likeness (QED) is 0.211. The van der Waals surface area contributed by atoms with E-state index in [0.717, 1.165) is 29.6 Å². The Kier molecular flexibility index (Phi) is 8.13. The first-order valence-electron chi connectivity index (χ1n) is 13.3. The third-order valence-electron chi connectivity index (χ3n) is 6.36. The number of nitrogens with zero attached hydrogens (tertiary/aromatic N) is 4. The number of carbonyl (C=O) groups is 1. The summed E-state index contributed by atoms with van der Waals surface area (Å²) in [5.74, 6) is 7.50. The van der Waals surface area contributed by atoms with Gasteiger partial charge in [0.2, 0.25) is 0 Å². The van der Waals surface area contributed by atoms with Crippen molar-refractivity contribution in [1.82, 2.24) is 19.9 Å². The van der Waals surface area contributed by atoms with Crippen molar-refractivity contribution >= 4 is 45.8 Å². The van der Waals surface area contributed by atoms with E-state index in [0.29, 0.717) is 46.5 Å². The molecule has 0 bridgehead atoms. The summed E-state index contributed by atoms with van der Waals surface area (Å²) in [4.78, 5) is 27.4. The molecule has 1 unspecified atom stereocenters. The van der Waals surface area contributed by atoms with Gasteiger partial charge in [0.1, 0.15) is 30.1 Å². The van der Waals surface area contributed by atoms with E-state index >= 15 is 0 Å². The number of pyridine rings is 1. The fraction of sp³-hybridized carbons (Fsp3) is 0.290. The number of anilines is 3. The van der Waals surface area contributed by atoms with Crippen LogP contribution in [-0.4, -0.2) is 44.1 Å². The molecule has 4 aromatic rings. The first-order chi connectivity index (χ1) is 19.7. The Labute approximate surface area is 244 Å². The second-order valence-electron chi connectivity index (χ2n) is 10.7. The number of likely N-dealkylation sites (tertiary alicyclic amines) is 1. The number of hydrogen-bond acceptors (Lipinski definition) is 8. The van der Waals surface area contributed by atoms with Crippen LogP contribution in [0.25, 0.3) is 10.9 Å². The molecule has 0 radical (unpaired) electrons. The summed E-state index contributed by atoms with van der Waals surface area (Å²) in [6.07, 6.45) is 4.50. The van der Waals surface area contributed by atoms with E-state index in [2.05, 4.69) is 32.1 Å². The summed E-state index contributed by atoms with van der Waals surface area (Å²) in [7, 11) is 0. The highest BCUT2D eigenvalue weighted by Crippen LogP contribution is 2.32. The zero-order valence-electron chi connectivity index (χ0n) is 23.1. The van der Waals surface area contributed by atoms with E-state index in [1.807, 2.05) is 51.1 Å². The molecule has 1 aliphatic heterocycles. The molecule has 3 N–H and O–H groups in total. The topological polar surface area (TPSA) is 115 Å². The maximum absolute atomic E-state index is 12.6. The smallest absolute Gasteiger partial charge is 0.411 e. The van der Waals surface area contributed by atoms with E-state index in [9.17, 15) is 4.79 Å². The van der Waals surface area contributed by atoms with Gasteiger partial charge in [0.15, 0.2) is 0 Å². The highest BCUT2D eigenvalue weighted by atomic mass is 35.5. The summed E-state index contributed by atoms with van der Waals surface area (Å²) in [5.41, 5.74) is 9.18. The number of aromatic nitrogens is 3. The van der Waals surface area contributed by atoms with Gasteiger partial charge in [-0.15, -0.1) is 0 Å². The molecule has 5 rings (SSSR count). The summed E-state index contributed by atoms with van der Waals surface area (Å²) in [5, 5.41) is 4.48. The molecule has 41 heavy (non-hydrogen) atoms. The third-order valence-corrected chi connectivity index (χ3v) is 6.65. The molecule has 210 valence electrons. The summed E-state index contributed by atoms with van der Waals surface area (Å²) < 4.78 is 11.4. The minimum absolute atomic E-state index is 0.233. The van der Waals surface area contributed by atoms with Crippen LogP contribution in [0.5, 0.6) is 5.75 Å². The fourth-order valence-corrected chi connectivity index (χ4v) is 4.65. The van der Waals surface area contributed by atoms with Crippen molar-refractivity contribution in [3.05, 3.63) is 77.3 Å². The van der Waals surface area contributed by atoms with E-state index in [1.165, 1.54) is 6.33 Å². The molecule has 2 aromatic heterocycles. The van der Waals surface area contributed by atoms with E-state index in [1.54, 1.807) is 29.3 Å². The molecule has 1 saturated heterocycles. The predicted octanol–water partition coefficient (Wildman–Crippen LogP) is 6.33. The van der Waals surface area contributed by atoms with Gasteiger partial charge in [-0.3, -0.25) is 9.88 Å². The van der Waals surface area contributed by atoms with Crippen molar-refractivity contribution in [2.75, 3.05) is 17.6 Å². The molecule has 9 nitrogen and oxygen atoms in total. The van der Waals surface area contributed by atoms with Gasteiger partial charge in [-0.2, -0.15) is 0 Å². The Morgan fingerprint density at radius 3 is 2.78 bits per heavy atom. The number of nitrogens with two attached hydrogens (primary N) is 1. The van der Waals surface area contributed by atoms with Crippen molar-refractivity contribution in [3.8, 4) is 17.6 Å². The number of ether oxygens (including phenoxy) is 2. The Bertz CT molecular complexity index is 1630. The minimum Gasteiger partial charge on any atom is -0.486 e. The van der Waals surface area contributed by atoms with Gasteiger partial charge in [-0.25, -0.2) is 14.8 Å². The molecular formula is C31H31ClN6O3. The molecular weight excluding hydrogens is 540 g/mol. The molecule has 1 amide bonds. The molecule has 2 aromatic carbocycles. The van der Waals surface area contributed by atoms with Gasteiger partial charge in [-0.05, 0) is 76.1 Å². The zero-order chi connectivity index (χ0) is 29.0. The van der Waals surface area contributed by atoms with Gasteiger partial charge in [0, 0.05) is 35.1 Å². The zero-order valence-corrected chi connectivity index (χ0v) is 23.9. The normalized spacial score (nSPS) is 14.8. The maximum Gasteiger partial charge on any atom is 0.411 e. The molecule has 1 atom stereocenters. The summed E-state index contributed by atoms with van der Waals surface area (Å²) in [6, 6.07) is 14.5. The van der Waals surface area contributed by atoms with Crippen LogP contribution in [0, 0.1) is 11.8 Å². The van der Waals surface area contributed by atoms with Gasteiger partial charge < -0.3 is 20.5 Å². The number of rotatable bonds is 5. The first-order valence-corrected chi connectivity index (χ1v) is 13.7. The lowest BCUT2D eigenvalue weighted by atomic mass is 10.1. The number of nitrogen functional groups attached to an aromatic ring is 1. The van der Waals surface area contributed by atoms with Gasteiger partial charge >= 0.3 is 6.09 Å². The largest absolute Gasteiger partial charge is 0.486 e. The highest BCUT2D eigenvalue weighted by molar-refractivity contribution is 6.32. The van der Waals surface area contributed by atoms with Crippen molar-refractivity contribution < 1.29 is 14.3 Å². The minimum atomic E-state index is -0.562. The molecule has 0 saturated carbocycles. The van der Waals surface area contributed by atoms with Crippen molar-refractivity contribution in [2.24, 2.45) is 0 Å². The average molecular weight is 571 g/mol. The molecule has 0 aliphatic carbocycles. The van der Waals surface area contributed by atoms with Gasteiger partial charge in [0.05, 0.1) is 22.3 Å². The average Bonchev–Trinajstić information content (AvgIpc) is 3.41. The SMILES string of the molecule is CC(C)(C)OC(=O)N1CCCC1C#Cc1cc2ncnc(Nc3ccc(OCc4ccccn4)c(Cl)c3)c2cc1N. The van der Waals surface area contributed by atoms with Crippen molar-refractivity contribution in [3.63, 3.8) is 0 Å². The monoisotopic (exact) mass is 570 g/mol. The van der Waals surface area contributed by atoms with Crippen LogP contribution < -0.4 is 15.8 Å². The fourth-order valence-electron chi connectivity index (χ4n) is 4.41. The van der Waals surface area contributed by atoms with Gasteiger partial charge in [-0.1, -0.05) is 29.5 Å². The van der Waals surface area contributed by atoms with Crippen molar-refractivity contribution in [1.29, 1.82) is 0 Å². The second kappa shape index (κ2) is 11.9. The van der Waals surface area contributed by atoms with Crippen LogP contribution in [0.3, 0.4) is 0 Å². The predicted molar refractivity (Wildman–Crippen MR) is 160 cm³/mol. The number of halogens is 1. The molecule has 1 fully saturated rings. The summed E-state index contributed by atoms with van der Waals surface area (Å²) in [6.45, 7) is 6.49. The Morgan fingerprint density at radius 1 is 1.17 bits per heavy atom. The standard InChI is InChI=1S/C31H31ClN6O3/c1-31(2,3)41-30(39)38-14-6-8-23(38)11-9-20-15-27-24(17-26(20)33)29(36-19-35-27)37-21-10-12-28(25(32)16-21)40-18-22-7-4-5-13-34-22/h4-5,7,10,12-13,15-17,19,23H,6,8,14,18,33H2,1-3H3,(H,35,36,37). The number of amides is 1.